The fourth-order valence-electron chi connectivity index (χ4n) is 3.39. The van der Waals surface area contributed by atoms with E-state index in [1.807, 2.05) is 54.1 Å². The molecular formula is C23H29N3O4. The molecule has 0 bridgehead atoms. The summed E-state index contributed by atoms with van der Waals surface area (Å²) in [6, 6.07) is 13.2. The molecule has 2 amide bonds. The van der Waals surface area contributed by atoms with Gasteiger partial charge in [0.15, 0.2) is 11.5 Å². The Morgan fingerprint density at radius 1 is 0.967 bits per heavy atom. The molecule has 0 aliphatic carbocycles. The maximum absolute atomic E-state index is 12.8. The van der Waals surface area contributed by atoms with Crippen LogP contribution in [0.4, 0.5) is 0 Å². The second kappa shape index (κ2) is 10.1. The van der Waals surface area contributed by atoms with Gasteiger partial charge in [-0.1, -0.05) is 18.2 Å². The maximum Gasteiger partial charge on any atom is 0.251 e. The predicted octanol–water partition coefficient (Wildman–Crippen LogP) is 2.30. The van der Waals surface area contributed by atoms with Gasteiger partial charge in [0.25, 0.3) is 5.91 Å². The molecule has 0 fully saturated rings. The van der Waals surface area contributed by atoms with Crippen LogP contribution in [0.2, 0.25) is 0 Å². The van der Waals surface area contributed by atoms with E-state index in [1.54, 1.807) is 19.2 Å². The Kier molecular flexibility index (Phi) is 7.30. The van der Waals surface area contributed by atoms with Gasteiger partial charge in [-0.05, 0) is 49.4 Å². The van der Waals surface area contributed by atoms with E-state index in [9.17, 15) is 9.59 Å². The highest BCUT2D eigenvalue weighted by atomic mass is 16.6. The first-order valence-corrected chi connectivity index (χ1v) is 10.2. The van der Waals surface area contributed by atoms with Crippen molar-refractivity contribution < 1.29 is 19.1 Å². The Bertz CT molecular complexity index is 883. The van der Waals surface area contributed by atoms with Crippen molar-refractivity contribution in [1.82, 2.24) is 15.1 Å². The van der Waals surface area contributed by atoms with Gasteiger partial charge < -0.3 is 19.7 Å². The summed E-state index contributed by atoms with van der Waals surface area (Å²) in [7, 11) is 3.53. The summed E-state index contributed by atoms with van der Waals surface area (Å²) < 4.78 is 11.2. The Labute approximate surface area is 177 Å². The number of likely N-dealkylation sites (N-methyl/N-ethyl adjacent to an activating group) is 2. The van der Waals surface area contributed by atoms with E-state index in [0.717, 1.165) is 22.6 Å². The van der Waals surface area contributed by atoms with E-state index in [-0.39, 0.29) is 11.8 Å². The van der Waals surface area contributed by atoms with Crippen LogP contribution in [-0.4, -0.2) is 62.0 Å². The van der Waals surface area contributed by atoms with Crippen molar-refractivity contribution >= 4 is 11.8 Å². The number of amides is 2. The summed E-state index contributed by atoms with van der Waals surface area (Å²) in [5.41, 5.74) is 2.69. The molecule has 0 saturated carbocycles. The summed E-state index contributed by atoms with van der Waals surface area (Å²) >= 11 is 0. The van der Waals surface area contributed by atoms with E-state index in [2.05, 4.69) is 5.32 Å². The lowest BCUT2D eigenvalue weighted by atomic mass is 10.1. The van der Waals surface area contributed by atoms with Gasteiger partial charge in [0.1, 0.15) is 13.2 Å². The summed E-state index contributed by atoms with van der Waals surface area (Å²) in [5, 5.41) is 2.61. The molecule has 0 atom stereocenters. The van der Waals surface area contributed by atoms with Crippen molar-refractivity contribution in [1.29, 1.82) is 0 Å². The third kappa shape index (κ3) is 5.51. The standard InChI is InChI=1S/C23H29N3O4/c1-4-26(15-18-7-10-20-21(13-18)30-12-11-29-20)22(27)16-25(3)14-17-5-8-19(9-6-17)23(28)24-2/h5-10,13H,4,11-12,14-16H2,1-3H3,(H,24,28). The Morgan fingerprint density at radius 3 is 2.30 bits per heavy atom. The van der Waals surface area contributed by atoms with Crippen molar-refractivity contribution in [2.45, 2.75) is 20.0 Å². The monoisotopic (exact) mass is 411 g/mol. The van der Waals surface area contributed by atoms with Gasteiger partial charge in [0.2, 0.25) is 5.91 Å². The zero-order chi connectivity index (χ0) is 21.5. The molecule has 3 rings (SSSR count). The molecule has 2 aromatic carbocycles. The van der Waals surface area contributed by atoms with Crippen LogP contribution in [0.1, 0.15) is 28.4 Å². The minimum atomic E-state index is -0.109. The number of nitrogens with one attached hydrogen (secondary N) is 1. The quantitative estimate of drug-likeness (QED) is 0.722. The van der Waals surface area contributed by atoms with E-state index in [1.165, 1.54) is 0 Å². The topological polar surface area (TPSA) is 71.1 Å². The first-order chi connectivity index (χ1) is 14.5. The number of fused-ring (bicyclic) bond motifs is 1. The minimum Gasteiger partial charge on any atom is -0.486 e. The highest BCUT2D eigenvalue weighted by molar-refractivity contribution is 5.93. The molecule has 30 heavy (non-hydrogen) atoms. The van der Waals surface area contributed by atoms with Crippen LogP contribution in [0.3, 0.4) is 0 Å². The average molecular weight is 412 g/mol. The minimum absolute atomic E-state index is 0.0665. The number of nitrogens with zero attached hydrogens (tertiary/aromatic N) is 2. The second-order valence-corrected chi connectivity index (χ2v) is 7.33. The van der Waals surface area contributed by atoms with E-state index in [4.69, 9.17) is 9.47 Å². The highest BCUT2D eigenvalue weighted by Gasteiger charge is 2.17. The number of benzene rings is 2. The normalized spacial score (nSPS) is 12.5. The number of carbonyl (C=O) groups is 2. The first-order valence-electron chi connectivity index (χ1n) is 10.2. The van der Waals surface area contributed by atoms with Crippen LogP contribution in [0.15, 0.2) is 42.5 Å². The third-order valence-corrected chi connectivity index (χ3v) is 5.02. The van der Waals surface area contributed by atoms with Crippen LogP contribution in [0, 0.1) is 0 Å². The molecule has 1 aliphatic rings. The van der Waals surface area contributed by atoms with Gasteiger partial charge >= 0.3 is 0 Å². The molecule has 1 N–H and O–H groups in total. The first kappa shape index (κ1) is 21.6. The molecule has 0 radical (unpaired) electrons. The van der Waals surface area contributed by atoms with Crippen molar-refractivity contribution in [2.75, 3.05) is 40.4 Å². The summed E-state index contributed by atoms with van der Waals surface area (Å²) in [6.07, 6.45) is 0. The zero-order valence-electron chi connectivity index (χ0n) is 17.8. The number of carbonyl (C=O) groups excluding carboxylic acids is 2. The lowest BCUT2D eigenvalue weighted by molar-refractivity contribution is -0.132. The lowest BCUT2D eigenvalue weighted by Gasteiger charge is -2.25. The van der Waals surface area contributed by atoms with E-state index in [0.29, 0.717) is 45.0 Å². The fourth-order valence-corrected chi connectivity index (χ4v) is 3.39. The SMILES string of the molecule is CCN(Cc1ccc2c(c1)OCCO2)C(=O)CN(C)Cc1ccc(C(=O)NC)cc1. The predicted molar refractivity (Wildman–Crippen MR) is 115 cm³/mol. The number of ether oxygens (including phenoxy) is 2. The van der Waals surface area contributed by atoms with Crippen molar-refractivity contribution in [3.8, 4) is 11.5 Å². The van der Waals surface area contributed by atoms with Crippen LogP contribution >= 0.6 is 0 Å². The van der Waals surface area contributed by atoms with E-state index >= 15 is 0 Å². The highest BCUT2D eigenvalue weighted by Crippen LogP contribution is 2.31. The van der Waals surface area contributed by atoms with Gasteiger partial charge in [0.05, 0.1) is 6.54 Å². The van der Waals surface area contributed by atoms with Crippen molar-refractivity contribution in [3.63, 3.8) is 0 Å². The molecular weight excluding hydrogens is 382 g/mol. The Balaban J connectivity index is 1.56. The van der Waals surface area contributed by atoms with Crippen LogP contribution < -0.4 is 14.8 Å². The van der Waals surface area contributed by atoms with Crippen molar-refractivity contribution in [2.24, 2.45) is 0 Å². The van der Waals surface area contributed by atoms with Gasteiger partial charge in [-0.2, -0.15) is 0 Å². The molecule has 0 aromatic heterocycles. The molecule has 7 nitrogen and oxygen atoms in total. The molecule has 160 valence electrons. The Morgan fingerprint density at radius 2 is 1.63 bits per heavy atom. The molecule has 0 spiro atoms. The zero-order valence-corrected chi connectivity index (χ0v) is 17.8. The Hall–Kier alpha value is -3.06. The second-order valence-electron chi connectivity index (χ2n) is 7.33. The van der Waals surface area contributed by atoms with Crippen LogP contribution in [-0.2, 0) is 17.9 Å². The van der Waals surface area contributed by atoms with Gasteiger partial charge in [0, 0.05) is 32.2 Å². The lowest BCUT2D eigenvalue weighted by Crippen LogP contribution is -2.38. The van der Waals surface area contributed by atoms with Crippen LogP contribution in [0.5, 0.6) is 11.5 Å². The van der Waals surface area contributed by atoms with Gasteiger partial charge in [-0.3, -0.25) is 14.5 Å². The molecule has 1 aliphatic heterocycles. The average Bonchev–Trinajstić information content (AvgIpc) is 2.77. The molecule has 0 saturated heterocycles. The number of rotatable bonds is 8. The molecule has 0 unspecified atom stereocenters. The summed E-state index contributed by atoms with van der Waals surface area (Å²) in [4.78, 5) is 28.3. The van der Waals surface area contributed by atoms with Gasteiger partial charge in [-0.25, -0.2) is 0 Å². The maximum atomic E-state index is 12.8. The van der Waals surface area contributed by atoms with Crippen LogP contribution in [0.25, 0.3) is 0 Å². The summed E-state index contributed by atoms with van der Waals surface area (Å²) in [6.45, 7) is 5.18. The number of hydrogen-bond acceptors (Lipinski definition) is 5. The third-order valence-electron chi connectivity index (χ3n) is 5.02. The van der Waals surface area contributed by atoms with Gasteiger partial charge in [-0.15, -0.1) is 0 Å². The smallest absolute Gasteiger partial charge is 0.251 e. The molecule has 7 heteroatoms. The molecule has 1 heterocycles. The van der Waals surface area contributed by atoms with E-state index < -0.39 is 0 Å². The molecule has 2 aromatic rings. The fraction of sp³-hybridized carbons (Fsp3) is 0.391. The largest absolute Gasteiger partial charge is 0.486 e. The number of hydrogen-bond donors (Lipinski definition) is 1. The summed E-state index contributed by atoms with van der Waals surface area (Å²) in [5.74, 6) is 1.45. The van der Waals surface area contributed by atoms with Crippen molar-refractivity contribution in [3.05, 3.63) is 59.2 Å².